The number of sulfone groups is 1. The van der Waals surface area contributed by atoms with Gasteiger partial charge in [-0.25, -0.2) is 8.42 Å². The van der Waals surface area contributed by atoms with Crippen molar-refractivity contribution in [2.24, 2.45) is 11.1 Å². The molecule has 3 atom stereocenters. The Balaban J connectivity index is 2.51. The van der Waals surface area contributed by atoms with Crippen LogP contribution in [0, 0.1) is 5.41 Å². The molecule has 1 aliphatic carbocycles. The van der Waals surface area contributed by atoms with Gasteiger partial charge in [-0.15, -0.1) is 0 Å². The molecule has 0 aliphatic heterocycles. The van der Waals surface area contributed by atoms with Crippen LogP contribution in [0.15, 0.2) is 24.3 Å². The van der Waals surface area contributed by atoms with Gasteiger partial charge in [0.15, 0.2) is 9.84 Å². The van der Waals surface area contributed by atoms with Crippen LogP contribution in [0.5, 0.6) is 0 Å². The zero-order valence-corrected chi connectivity index (χ0v) is 14.3. The number of thiocarbonyl (C=S) groups is 1. The molecule has 0 heterocycles. The second-order valence-corrected chi connectivity index (χ2v) is 8.53. The van der Waals surface area contributed by atoms with Crippen LogP contribution in [0.1, 0.15) is 18.4 Å². The van der Waals surface area contributed by atoms with E-state index in [0.717, 1.165) is 5.56 Å². The minimum Gasteiger partial charge on any atom is -0.393 e. The Bertz CT molecular complexity index is 645. The summed E-state index contributed by atoms with van der Waals surface area (Å²) in [5.41, 5.74) is 5.92. The number of halogens is 1. The highest BCUT2D eigenvalue weighted by Crippen LogP contribution is 2.63. The van der Waals surface area contributed by atoms with E-state index in [1.54, 1.807) is 19.1 Å². The Hall–Kier alpha value is -0.690. The zero-order valence-electron chi connectivity index (χ0n) is 11.9. The summed E-state index contributed by atoms with van der Waals surface area (Å²) in [6.07, 6.45) is 0. The molecule has 4 nitrogen and oxygen atoms in total. The molecule has 0 aromatic heterocycles. The molecule has 1 fully saturated rings. The lowest BCUT2D eigenvalue weighted by atomic mass is 10.00. The molecule has 0 unspecified atom stereocenters. The molecule has 116 valence electrons. The van der Waals surface area contributed by atoms with Crippen molar-refractivity contribution < 1.29 is 13.2 Å². The maximum absolute atomic E-state index is 12.4. The van der Waals surface area contributed by atoms with Gasteiger partial charge in [-0.1, -0.05) is 42.9 Å². The number of methoxy groups -OCH3 is 1. The molecule has 0 radical (unpaired) electrons. The van der Waals surface area contributed by atoms with Gasteiger partial charge in [0.05, 0.1) is 22.3 Å². The highest BCUT2D eigenvalue weighted by Gasteiger charge is 2.72. The lowest BCUT2D eigenvalue weighted by molar-refractivity contribution is 0.166. The fourth-order valence-electron chi connectivity index (χ4n) is 3.03. The predicted molar refractivity (Wildman–Crippen MR) is 88.5 cm³/mol. The summed E-state index contributed by atoms with van der Waals surface area (Å²) in [6, 6.07) is 7.12. The molecule has 2 N–H and O–H groups in total. The van der Waals surface area contributed by atoms with Crippen LogP contribution in [0.4, 0.5) is 0 Å². The van der Waals surface area contributed by atoms with E-state index >= 15 is 0 Å². The van der Waals surface area contributed by atoms with Crippen molar-refractivity contribution in [1.82, 2.24) is 0 Å². The van der Waals surface area contributed by atoms with Crippen molar-refractivity contribution in [1.29, 1.82) is 0 Å². The number of benzene rings is 1. The number of nitrogens with two attached hydrogens (primary N) is 1. The van der Waals surface area contributed by atoms with Crippen LogP contribution in [0.3, 0.4) is 0 Å². The Morgan fingerprint density at radius 1 is 1.43 bits per heavy atom. The van der Waals surface area contributed by atoms with Gasteiger partial charge in [-0.05, 0) is 17.7 Å². The molecular formula is C14H18ClNO3S2. The Kier molecular flexibility index (Phi) is 4.63. The monoisotopic (exact) mass is 347 g/mol. The summed E-state index contributed by atoms with van der Waals surface area (Å²) in [7, 11) is -1.77. The minimum atomic E-state index is -3.29. The van der Waals surface area contributed by atoms with Crippen molar-refractivity contribution in [3.63, 3.8) is 0 Å². The number of hydrogen-bond donors (Lipinski definition) is 1. The predicted octanol–water partition coefficient (Wildman–Crippen LogP) is 2.16. The average Bonchev–Trinajstić information content (AvgIpc) is 3.11. The molecule has 0 spiro atoms. The Morgan fingerprint density at radius 2 is 2.00 bits per heavy atom. The van der Waals surface area contributed by atoms with Crippen LogP contribution in [-0.2, 0) is 14.6 Å². The summed E-state index contributed by atoms with van der Waals surface area (Å²) in [5, 5.41) is -0.0319. The first-order valence-electron chi connectivity index (χ1n) is 6.57. The van der Waals surface area contributed by atoms with Gasteiger partial charge in [0.2, 0.25) is 0 Å². The normalized spacial score (nSPS) is 28.3. The molecule has 0 bridgehead atoms. The Morgan fingerprint density at radius 3 is 2.43 bits per heavy atom. The average molecular weight is 348 g/mol. The fourth-order valence-corrected chi connectivity index (χ4v) is 5.62. The summed E-state index contributed by atoms with van der Waals surface area (Å²) >= 11 is 11.1. The summed E-state index contributed by atoms with van der Waals surface area (Å²) in [5.74, 6) is -0.229. The Labute approximate surface area is 135 Å². The molecule has 1 saturated carbocycles. The third-order valence-electron chi connectivity index (χ3n) is 4.12. The molecule has 7 heteroatoms. The first kappa shape index (κ1) is 16.7. The second-order valence-electron chi connectivity index (χ2n) is 5.24. The third-order valence-corrected chi connectivity index (χ3v) is 7.02. The van der Waals surface area contributed by atoms with Gasteiger partial charge in [0.25, 0.3) is 0 Å². The lowest BCUT2D eigenvalue weighted by Crippen LogP contribution is -2.33. The number of rotatable bonds is 6. The number of hydrogen-bond acceptors (Lipinski definition) is 4. The summed E-state index contributed by atoms with van der Waals surface area (Å²) < 4.78 is 30.0. The fraction of sp³-hybridized carbons (Fsp3) is 0.500. The molecule has 0 saturated heterocycles. The van der Waals surface area contributed by atoms with Gasteiger partial charge in [-0.3, -0.25) is 0 Å². The van der Waals surface area contributed by atoms with Crippen molar-refractivity contribution >= 4 is 38.6 Å². The van der Waals surface area contributed by atoms with Crippen molar-refractivity contribution in [2.75, 3.05) is 19.5 Å². The summed E-state index contributed by atoms with van der Waals surface area (Å²) in [4.78, 5) is 0.186. The maximum atomic E-state index is 12.4. The maximum Gasteiger partial charge on any atom is 0.154 e. The van der Waals surface area contributed by atoms with Gasteiger partial charge in [-0.2, -0.15) is 0 Å². The highest BCUT2D eigenvalue weighted by molar-refractivity contribution is 7.92. The van der Waals surface area contributed by atoms with E-state index in [-0.39, 0.29) is 23.3 Å². The molecule has 1 aromatic rings. The van der Waals surface area contributed by atoms with Crippen LogP contribution < -0.4 is 5.73 Å². The van der Waals surface area contributed by atoms with Gasteiger partial charge in [0, 0.05) is 23.8 Å². The van der Waals surface area contributed by atoms with Crippen LogP contribution in [0.2, 0.25) is 5.02 Å². The van der Waals surface area contributed by atoms with E-state index in [1.807, 2.05) is 12.1 Å². The topological polar surface area (TPSA) is 69.4 Å². The highest BCUT2D eigenvalue weighted by atomic mass is 35.5. The molecule has 0 amide bonds. The summed E-state index contributed by atoms with van der Waals surface area (Å²) in [6.45, 7) is 1.82. The smallest absolute Gasteiger partial charge is 0.154 e. The second kappa shape index (κ2) is 5.83. The molecule has 1 aliphatic rings. The lowest BCUT2D eigenvalue weighted by Gasteiger charge is -2.15. The van der Waals surface area contributed by atoms with Crippen molar-refractivity contribution in [3.8, 4) is 0 Å². The van der Waals surface area contributed by atoms with E-state index in [4.69, 9.17) is 34.3 Å². The van der Waals surface area contributed by atoms with Gasteiger partial charge >= 0.3 is 0 Å². The molecular weight excluding hydrogens is 330 g/mol. The van der Waals surface area contributed by atoms with E-state index in [2.05, 4.69) is 0 Å². The standard InChI is InChI=1S/C14H18ClNO3S2/c1-3-21(17,18)12-11(9-4-6-10(15)7-5-9)14(12,8-19-2)13(16)20/h4-7,11-12H,3,8H2,1-2H3,(H2,16,20)/t11-,12+,14-/m0/s1. The minimum absolute atomic E-state index is 0.0514. The first-order valence-corrected chi connectivity index (χ1v) is 9.07. The molecule has 1 aromatic carbocycles. The van der Waals surface area contributed by atoms with Gasteiger partial charge < -0.3 is 10.5 Å². The molecule has 2 rings (SSSR count). The van der Waals surface area contributed by atoms with Crippen LogP contribution in [0.25, 0.3) is 0 Å². The van der Waals surface area contributed by atoms with E-state index in [9.17, 15) is 8.42 Å². The SMILES string of the molecule is CCS(=O)(=O)[C@@H]1[C@H](c2ccc(Cl)cc2)[C@]1(COC)C(N)=S. The van der Waals surface area contributed by atoms with Crippen LogP contribution >= 0.6 is 23.8 Å². The van der Waals surface area contributed by atoms with E-state index < -0.39 is 20.5 Å². The largest absolute Gasteiger partial charge is 0.393 e. The van der Waals surface area contributed by atoms with Gasteiger partial charge in [0.1, 0.15) is 0 Å². The van der Waals surface area contributed by atoms with Crippen molar-refractivity contribution in [2.45, 2.75) is 18.1 Å². The van der Waals surface area contributed by atoms with Crippen molar-refractivity contribution in [3.05, 3.63) is 34.9 Å². The molecule has 21 heavy (non-hydrogen) atoms. The first-order chi connectivity index (χ1) is 9.81. The quantitative estimate of drug-likeness (QED) is 0.798. The number of ether oxygens (including phenoxy) is 1. The van der Waals surface area contributed by atoms with E-state index in [1.165, 1.54) is 7.11 Å². The van der Waals surface area contributed by atoms with Crippen LogP contribution in [-0.4, -0.2) is 38.1 Å². The third kappa shape index (κ3) is 2.70. The zero-order chi connectivity index (χ0) is 15.8. The van der Waals surface area contributed by atoms with E-state index in [0.29, 0.717) is 5.02 Å².